The van der Waals surface area contributed by atoms with E-state index in [0.717, 1.165) is 22.9 Å². The second-order valence-electron chi connectivity index (χ2n) is 4.40. The summed E-state index contributed by atoms with van der Waals surface area (Å²) < 4.78 is 26.3. The van der Waals surface area contributed by atoms with Gasteiger partial charge in [-0.3, -0.25) is 4.28 Å². The highest BCUT2D eigenvalue weighted by molar-refractivity contribution is 7.85. The zero-order chi connectivity index (χ0) is 14.6. The fraction of sp³-hybridized carbons (Fsp3) is 0.133. The van der Waals surface area contributed by atoms with E-state index in [-0.39, 0.29) is 0 Å². The minimum absolute atomic E-state index is 0.508. The van der Waals surface area contributed by atoms with E-state index in [1.807, 2.05) is 54.6 Å². The van der Waals surface area contributed by atoms with Gasteiger partial charge in [0.15, 0.2) is 0 Å². The van der Waals surface area contributed by atoms with Crippen molar-refractivity contribution in [3.05, 3.63) is 60.2 Å². The molecule has 104 valence electrons. The van der Waals surface area contributed by atoms with Crippen LogP contribution in [0.25, 0.3) is 11.1 Å². The van der Waals surface area contributed by atoms with Crippen LogP contribution in [0.4, 0.5) is 0 Å². The third-order valence-corrected chi connectivity index (χ3v) is 3.04. The predicted octanol–water partition coefficient (Wildman–Crippen LogP) is 3.05. The summed E-state index contributed by atoms with van der Waals surface area (Å²) in [5.41, 5.74) is 3.45. The first kappa shape index (κ1) is 14.3. The average Bonchev–Trinajstić information content (AvgIpc) is 2.45. The SMILES string of the molecule is CC(=NOS(C)(=O)=O)c1cccc(-c2ccccc2)c1. The first-order chi connectivity index (χ1) is 9.46. The third-order valence-electron chi connectivity index (χ3n) is 2.70. The van der Waals surface area contributed by atoms with Gasteiger partial charge in [-0.25, -0.2) is 0 Å². The lowest BCUT2D eigenvalue weighted by Crippen LogP contribution is -2.02. The Morgan fingerprint density at radius 3 is 2.30 bits per heavy atom. The zero-order valence-electron chi connectivity index (χ0n) is 11.3. The van der Waals surface area contributed by atoms with Gasteiger partial charge in [0.1, 0.15) is 0 Å². The maximum Gasteiger partial charge on any atom is 0.325 e. The molecular weight excluding hydrogens is 274 g/mol. The van der Waals surface area contributed by atoms with E-state index < -0.39 is 10.1 Å². The molecule has 2 rings (SSSR count). The summed E-state index contributed by atoms with van der Waals surface area (Å²) >= 11 is 0. The highest BCUT2D eigenvalue weighted by atomic mass is 32.2. The first-order valence-electron chi connectivity index (χ1n) is 6.05. The van der Waals surface area contributed by atoms with Crippen molar-refractivity contribution < 1.29 is 12.7 Å². The van der Waals surface area contributed by atoms with Crippen LogP contribution in [0.1, 0.15) is 12.5 Å². The second kappa shape index (κ2) is 5.88. The minimum Gasteiger partial charge on any atom is -0.268 e. The molecule has 0 radical (unpaired) electrons. The molecule has 0 aromatic heterocycles. The molecule has 0 amide bonds. The van der Waals surface area contributed by atoms with E-state index in [1.54, 1.807) is 6.92 Å². The highest BCUT2D eigenvalue weighted by Gasteiger charge is 2.04. The van der Waals surface area contributed by atoms with Crippen molar-refractivity contribution in [1.29, 1.82) is 0 Å². The van der Waals surface area contributed by atoms with Crippen molar-refractivity contribution in [2.45, 2.75) is 6.92 Å². The van der Waals surface area contributed by atoms with Crippen molar-refractivity contribution in [3.63, 3.8) is 0 Å². The van der Waals surface area contributed by atoms with Gasteiger partial charge >= 0.3 is 10.1 Å². The first-order valence-corrected chi connectivity index (χ1v) is 7.86. The molecule has 0 spiro atoms. The van der Waals surface area contributed by atoms with Crippen molar-refractivity contribution >= 4 is 15.8 Å². The molecule has 0 atom stereocenters. The lowest BCUT2D eigenvalue weighted by atomic mass is 10.0. The lowest BCUT2D eigenvalue weighted by Gasteiger charge is -2.05. The van der Waals surface area contributed by atoms with Gasteiger partial charge in [-0.05, 0) is 29.7 Å². The van der Waals surface area contributed by atoms with Crippen LogP contribution < -0.4 is 0 Å². The number of oxime groups is 1. The molecular formula is C15H15NO3S. The predicted molar refractivity (Wildman–Crippen MR) is 80.0 cm³/mol. The van der Waals surface area contributed by atoms with Crippen molar-refractivity contribution in [2.24, 2.45) is 5.16 Å². The van der Waals surface area contributed by atoms with Gasteiger partial charge in [0.2, 0.25) is 0 Å². The summed E-state index contributed by atoms with van der Waals surface area (Å²) in [7, 11) is -3.58. The smallest absolute Gasteiger partial charge is 0.268 e. The van der Waals surface area contributed by atoms with Gasteiger partial charge in [-0.15, -0.1) is 0 Å². The summed E-state index contributed by atoms with van der Waals surface area (Å²) in [5, 5.41) is 3.63. The molecule has 0 unspecified atom stereocenters. The van der Waals surface area contributed by atoms with E-state index in [4.69, 9.17) is 0 Å². The molecule has 0 aliphatic carbocycles. The van der Waals surface area contributed by atoms with Gasteiger partial charge in [0.25, 0.3) is 0 Å². The van der Waals surface area contributed by atoms with Crippen LogP contribution >= 0.6 is 0 Å². The van der Waals surface area contributed by atoms with Gasteiger partial charge < -0.3 is 0 Å². The Balaban J connectivity index is 2.31. The molecule has 2 aromatic carbocycles. The standard InChI is InChI=1S/C15H15NO3S/c1-12(16-19-20(2,17)18)14-9-6-10-15(11-14)13-7-4-3-5-8-13/h3-11H,1-2H3. The van der Waals surface area contributed by atoms with Crippen molar-refractivity contribution in [3.8, 4) is 11.1 Å². The van der Waals surface area contributed by atoms with E-state index in [2.05, 4.69) is 9.44 Å². The van der Waals surface area contributed by atoms with Gasteiger partial charge in [-0.1, -0.05) is 53.7 Å². The molecule has 0 aliphatic rings. The fourth-order valence-electron chi connectivity index (χ4n) is 1.73. The maximum atomic E-state index is 10.9. The largest absolute Gasteiger partial charge is 0.325 e. The Morgan fingerprint density at radius 2 is 1.65 bits per heavy atom. The molecule has 5 heteroatoms. The Bertz CT molecular complexity index is 722. The second-order valence-corrected chi connectivity index (χ2v) is 5.96. The molecule has 2 aromatic rings. The summed E-state index contributed by atoms with van der Waals surface area (Å²) in [6, 6.07) is 17.6. The van der Waals surface area contributed by atoms with Crippen LogP contribution in [0.2, 0.25) is 0 Å². The molecule has 0 saturated heterocycles. The number of benzene rings is 2. The molecule has 0 fully saturated rings. The normalized spacial score (nSPS) is 12.2. The van der Waals surface area contributed by atoms with Gasteiger partial charge in [0.05, 0.1) is 12.0 Å². The quantitative estimate of drug-likeness (QED) is 0.642. The number of rotatable bonds is 4. The third kappa shape index (κ3) is 3.93. The van der Waals surface area contributed by atoms with Crippen LogP contribution in [0.5, 0.6) is 0 Å². The summed E-state index contributed by atoms with van der Waals surface area (Å²) in [4.78, 5) is 0. The van der Waals surface area contributed by atoms with Gasteiger partial charge in [-0.2, -0.15) is 8.42 Å². The molecule has 0 heterocycles. The van der Waals surface area contributed by atoms with Crippen molar-refractivity contribution in [1.82, 2.24) is 0 Å². The summed E-state index contributed by atoms with van der Waals surface area (Å²) in [6.45, 7) is 1.70. The Labute approximate surface area is 118 Å². The number of hydrogen-bond donors (Lipinski definition) is 0. The van der Waals surface area contributed by atoms with E-state index in [1.165, 1.54) is 0 Å². The molecule has 0 saturated carbocycles. The fourth-order valence-corrected chi connectivity index (χ4v) is 1.98. The van der Waals surface area contributed by atoms with Crippen LogP contribution in [0, 0.1) is 0 Å². The average molecular weight is 289 g/mol. The number of hydrogen-bond acceptors (Lipinski definition) is 4. The topological polar surface area (TPSA) is 55.7 Å². The number of nitrogens with zero attached hydrogens (tertiary/aromatic N) is 1. The Morgan fingerprint density at radius 1 is 1.00 bits per heavy atom. The van der Waals surface area contributed by atoms with E-state index in [9.17, 15) is 8.42 Å². The minimum atomic E-state index is -3.58. The Hall–Kier alpha value is -2.14. The zero-order valence-corrected chi connectivity index (χ0v) is 12.1. The monoisotopic (exact) mass is 289 g/mol. The van der Waals surface area contributed by atoms with E-state index >= 15 is 0 Å². The molecule has 0 aliphatic heterocycles. The highest BCUT2D eigenvalue weighted by Crippen LogP contribution is 2.20. The lowest BCUT2D eigenvalue weighted by molar-refractivity contribution is 0.343. The maximum absolute atomic E-state index is 10.9. The molecule has 0 N–H and O–H groups in total. The molecule has 20 heavy (non-hydrogen) atoms. The van der Waals surface area contributed by atoms with Crippen molar-refractivity contribution in [2.75, 3.05) is 6.26 Å². The van der Waals surface area contributed by atoms with Gasteiger partial charge in [0, 0.05) is 0 Å². The molecule has 0 bridgehead atoms. The van der Waals surface area contributed by atoms with E-state index in [0.29, 0.717) is 5.71 Å². The molecule has 4 nitrogen and oxygen atoms in total. The van der Waals surface area contributed by atoms with Crippen LogP contribution in [-0.4, -0.2) is 20.4 Å². The van der Waals surface area contributed by atoms with Crippen LogP contribution in [0.15, 0.2) is 59.8 Å². The summed E-state index contributed by atoms with van der Waals surface area (Å²) in [6.07, 6.45) is 0.962. The van der Waals surface area contributed by atoms with Crippen LogP contribution in [-0.2, 0) is 14.4 Å². The van der Waals surface area contributed by atoms with Crippen LogP contribution in [0.3, 0.4) is 0 Å². The Kier molecular flexibility index (Phi) is 4.20. The summed E-state index contributed by atoms with van der Waals surface area (Å²) in [5.74, 6) is 0.